The topological polar surface area (TPSA) is 30.9 Å². The predicted octanol–water partition coefficient (Wildman–Crippen LogP) is 2.06. The van der Waals surface area contributed by atoms with Gasteiger partial charge in [0.15, 0.2) is 0 Å². The normalized spacial score (nSPS) is 20.1. The Labute approximate surface area is 122 Å². The van der Waals surface area contributed by atoms with Gasteiger partial charge in [-0.1, -0.05) is 0 Å². The molecule has 0 N–H and O–H groups in total. The first-order valence-electron chi connectivity index (χ1n) is 6.88. The molecule has 0 aliphatic carbocycles. The monoisotopic (exact) mass is 277 g/mol. The van der Waals surface area contributed by atoms with E-state index in [-0.39, 0.29) is 18.3 Å². The zero-order chi connectivity index (χ0) is 15.1. The van der Waals surface area contributed by atoms with Crippen LogP contribution in [0.25, 0.3) is 0 Å². The van der Waals surface area contributed by atoms with Gasteiger partial charge in [-0.2, -0.15) is 0 Å². The van der Waals surface area contributed by atoms with Crippen LogP contribution in [0.15, 0.2) is 18.2 Å². The molecule has 0 saturated carbocycles. The highest BCUT2D eigenvalue weighted by atomic mass is 16.7. The zero-order valence-electron chi connectivity index (χ0n) is 13.5. The van der Waals surface area contributed by atoms with Gasteiger partial charge in [-0.15, -0.1) is 0 Å². The van der Waals surface area contributed by atoms with Crippen LogP contribution in [-0.2, 0) is 9.31 Å². The van der Waals surface area contributed by atoms with Crippen LogP contribution in [0.4, 0.5) is 5.69 Å². The van der Waals surface area contributed by atoms with Gasteiger partial charge in [0, 0.05) is 25.8 Å². The van der Waals surface area contributed by atoms with E-state index in [1.807, 2.05) is 31.1 Å². The van der Waals surface area contributed by atoms with Gasteiger partial charge >= 0.3 is 7.12 Å². The lowest BCUT2D eigenvalue weighted by Gasteiger charge is -2.32. The fourth-order valence-electron chi connectivity index (χ4n) is 2.10. The van der Waals surface area contributed by atoms with E-state index in [0.29, 0.717) is 0 Å². The first-order valence-corrected chi connectivity index (χ1v) is 6.88. The molecule has 0 atom stereocenters. The largest absolute Gasteiger partial charge is 0.497 e. The van der Waals surface area contributed by atoms with Gasteiger partial charge in [-0.3, -0.25) is 0 Å². The summed E-state index contributed by atoms with van der Waals surface area (Å²) in [6, 6.07) is 6.04. The summed E-state index contributed by atoms with van der Waals surface area (Å²) < 4.78 is 17.5. The number of hydrogen-bond donors (Lipinski definition) is 0. The van der Waals surface area contributed by atoms with E-state index in [1.165, 1.54) is 0 Å². The van der Waals surface area contributed by atoms with E-state index in [4.69, 9.17) is 14.0 Å². The first-order chi connectivity index (χ1) is 9.16. The summed E-state index contributed by atoms with van der Waals surface area (Å²) in [6.45, 7) is 8.22. The summed E-state index contributed by atoms with van der Waals surface area (Å²) in [7, 11) is 5.31. The molecule has 5 heteroatoms. The van der Waals surface area contributed by atoms with Gasteiger partial charge in [-0.25, -0.2) is 0 Å². The Kier molecular flexibility index (Phi) is 3.78. The van der Waals surface area contributed by atoms with E-state index in [0.717, 1.165) is 16.9 Å². The molecule has 0 spiro atoms. The van der Waals surface area contributed by atoms with Crippen molar-refractivity contribution < 1.29 is 14.0 Å². The van der Waals surface area contributed by atoms with Crippen molar-refractivity contribution in [3.63, 3.8) is 0 Å². The van der Waals surface area contributed by atoms with E-state index >= 15 is 0 Å². The molecule has 1 aromatic rings. The lowest BCUT2D eigenvalue weighted by atomic mass is 9.78. The molecular formula is C15H24BNO3. The number of nitrogens with zero attached hydrogens (tertiary/aromatic N) is 1. The van der Waals surface area contributed by atoms with Crippen molar-refractivity contribution in [2.24, 2.45) is 0 Å². The van der Waals surface area contributed by atoms with Crippen LogP contribution in [0.3, 0.4) is 0 Å². The zero-order valence-corrected chi connectivity index (χ0v) is 13.5. The van der Waals surface area contributed by atoms with Gasteiger partial charge < -0.3 is 18.9 Å². The van der Waals surface area contributed by atoms with Crippen LogP contribution in [0.2, 0.25) is 0 Å². The number of methoxy groups -OCH3 is 1. The highest BCUT2D eigenvalue weighted by Crippen LogP contribution is 2.37. The van der Waals surface area contributed by atoms with E-state index < -0.39 is 0 Å². The van der Waals surface area contributed by atoms with Crippen LogP contribution in [0.5, 0.6) is 5.75 Å². The van der Waals surface area contributed by atoms with E-state index in [2.05, 4.69) is 33.8 Å². The molecule has 4 nitrogen and oxygen atoms in total. The van der Waals surface area contributed by atoms with Crippen LogP contribution in [0, 0.1) is 0 Å². The van der Waals surface area contributed by atoms with Crippen LogP contribution >= 0.6 is 0 Å². The summed E-state index contributed by atoms with van der Waals surface area (Å²) in [6.07, 6.45) is 0. The summed E-state index contributed by atoms with van der Waals surface area (Å²) in [4.78, 5) is 2.04. The predicted molar refractivity (Wildman–Crippen MR) is 83.0 cm³/mol. The lowest BCUT2D eigenvalue weighted by Crippen LogP contribution is -2.41. The highest BCUT2D eigenvalue weighted by molar-refractivity contribution is 6.62. The second-order valence-electron chi connectivity index (χ2n) is 6.45. The Bertz CT molecular complexity index is 484. The van der Waals surface area contributed by atoms with Gasteiger partial charge in [-0.05, 0) is 45.3 Å². The Morgan fingerprint density at radius 1 is 1.00 bits per heavy atom. The molecule has 20 heavy (non-hydrogen) atoms. The molecule has 0 radical (unpaired) electrons. The van der Waals surface area contributed by atoms with Crippen molar-refractivity contribution in [2.45, 2.75) is 38.9 Å². The highest BCUT2D eigenvalue weighted by Gasteiger charge is 2.51. The van der Waals surface area contributed by atoms with Crippen molar-refractivity contribution >= 4 is 18.3 Å². The standard InChI is InChI=1S/C15H24BNO3/c1-14(2)15(3,4)20-16(19-14)11-8-12(17(5)6)10-13(9-11)18-7/h8-10H,1-7H3. The Morgan fingerprint density at radius 2 is 1.55 bits per heavy atom. The quantitative estimate of drug-likeness (QED) is 0.791. The molecule has 0 bridgehead atoms. The fraction of sp³-hybridized carbons (Fsp3) is 0.600. The summed E-state index contributed by atoms with van der Waals surface area (Å²) in [5.74, 6) is 0.806. The van der Waals surface area contributed by atoms with Gasteiger partial charge in [0.25, 0.3) is 0 Å². The van der Waals surface area contributed by atoms with Gasteiger partial charge in [0.1, 0.15) is 5.75 Å². The third-order valence-electron chi connectivity index (χ3n) is 4.19. The SMILES string of the molecule is COc1cc(B2OC(C)(C)C(C)(C)O2)cc(N(C)C)c1. The maximum Gasteiger partial charge on any atom is 0.495 e. The molecule has 0 unspecified atom stereocenters. The summed E-state index contributed by atoms with van der Waals surface area (Å²) in [5, 5.41) is 0. The van der Waals surface area contributed by atoms with Gasteiger partial charge in [0.05, 0.1) is 18.3 Å². The number of hydrogen-bond acceptors (Lipinski definition) is 4. The third kappa shape index (κ3) is 2.65. The lowest BCUT2D eigenvalue weighted by molar-refractivity contribution is 0.00578. The van der Waals surface area contributed by atoms with Crippen molar-refractivity contribution in [2.75, 3.05) is 26.1 Å². The fourth-order valence-corrected chi connectivity index (χ4v) is 2.10. The van der Waals surface area contributed by atoms with Crippen LogP contribution in [-0.4, -0.2) is 39.5 Å². The van der Waals surface area contributed by atoms with E-state index in [1.54, 1.807) is 7.11 Å². The van der Waals surface area contributed by atoms with Crippen LogP contribution in [0.1, 0.15) is 27.7 Å². The molecule has 110 valence electrons. The first kappa shape index (κ1) is 15.2. The minimum atomic E-state index is -0.367. The molecular weight excluding hydrogens is 253 g/mol. The van der Waals surface area contributed by atoms with Crippen LogP contribution < -0.4 is 15.1 Å². The maximum atomic E-state index is 6.09. The smallest absolute Gasteiger partial charge is 0.495 e. The van der Waals surface area contributed by atoms with Crippen molar-refractivity contribution in [1.29, 1.82) is 0 Å². The molecule has 1 aliphatic rings. The minimum absolute atomic E-state index is 0.334. The van der Waals surface area contributed by atoms with Crippen molar-refractivity contribution in [3.8, 4) is 5.75 Å². The second kappa shape index (κ2) is 4.97. The molecule has 1 aliphatic heterocycles. The maximum absolute atomic E-state index is 6.09. The Hall–Kier alpha value is -1.20. The number of anilines is 1. The molecule has 1 saturated heterocycles. The average Bonchev–Trinajstić information content (AvgIpc) is 2.58. The van der Waals surface area contributed by atoms with Crippen molar-refractivity contribution in [3.05, 3.63) is 18.2 Å². The number of ether oxygens (including phenoxy) is 1. The average molecular weight is 277 g/mol. The second-order valence-corrected chi connectivity index (χ2v) is 6.45. The molecule has 0 amide bonds. The molecule has 2 rings (SSSR count). The van der Waals surface area contributed by atoms with Crippen molar-refractivity contribution in [1.82, 2.24) is 0 Å². The third-order valence-corrected chi connectivity index (χ3v) is 4.19. The van der Waals surface area contributed by atoms with Gasteiger partial charge in [0.2, 0.25) is 0 Å². The Balaban J connectivity index is 2.37. The molecule has 0 aromatic heterocycles. The number of rotatable bonds is 3. The Morgan fingerprint density at radius 3 is 2.00 bits per heavy atom. The molecule has 1 aromatic carbocycles. The van der Waals surface area contributed by atoms with E-state index in [9.17, 15) is 0 Å². The minimum Gasteiger partial charge on any atom is -0.497 e. The summed E-state index contributed by atoms with van der Waals surface area (Å²) in [5.41, 5.74) is 1.37. The number of benzene rings is 1. The summed E-state index contributed by atoms with van der Waals surface area (Å²) >= 11 is 0. The molecule has 1 heterocycles. The molecule has 1 fully saturated rings.